The molecule has 0 bridgehead atoms. The van der Waals surface area contributed by atoms with E-state index >= 15 is 4.39 Å². The van der Waals surface area contributed by atoms with Crippen LogP contribution < -0.4 is 4.90 Å². The van der Waals surface area contributed by atoms with Crippen LogP contribution in [0.4, 0.5) is 32.2 Å². The van der Waals surface area contributed by atoms with Crippen LogP contribution >= 0.6 is 0 Å². The van der Waals surface area contributed by atoms with E-state index in [1.165, 1.54) is 0 Å². The van der Waals surface area contributed by atoms with Crippen LogP contribution in [-0.2, 0) is 17.5 Å². The minimum atomic E-state index is -4.72. The van der Waals surface area contributed by atoms with E-state index in [0.29, 0.717) is 42.8 Å². The lowest BCUT2D eigenvalue weighted by Crippen LogP contribution is -2.59. The number of benzene rings is 1. The molecular formula is C30H34F6N8O. The summed E-state index contributed by atoms with van der Waals surface area (Å²) in [4.78, 5) is 13.8. The molecule has 9 nitrogen and oxygen atoms in total. The highest BCUT2D eigenvalue weighted by Crippen LogP contribution is 2.52. The molecule has 7 rings (SSSR count). The van der Waals surface area contributed by atoms with E-state index in [4.69, 9.17) is 14.7 Å². The van der Waals surface area contributed by atoms with Crippen LogP contribution in [-0.4, -0.2) is 77.8 Å². The highest BCUT2D eigenvalue weighted by Gasteiger charge is 2.52. The van der Waals surface area contributed by atoms with Crippen LogP contribution in [0.5, 0.6) is 0 Å². The standard InChI is InChI=1S/C30H34F6N8O/c1-16-13-42(26-24-27(44-15-37-40-28(44)39-26)43(18(3)38-24)14-21-5-4-8-45-21)17(2)12-41(16)25(19-10-29(32,33)11-19)22-7-6-20(9-23(22)31)30(34,35)36/h6-7,9,15-17,19,21,25H,4-5,8,10-14H2,1-3H3/t16-,17+,21+,25?/m1/s1. The first-order valence-electron chi connectivity index (χ1n) is 15.3. The molecule has 2 aliphatic heterocycles. The Morgan fingerprint density at radius 2 is 1.87 bits per heavy atom. The number of hydrogen-bond donors (Lipinski definition) is 0. The lowest BCUT2D eigenvalue weighted by Gasteiger charge is -2.52. The molecule has 1 unspecified atom stereocenters. The molecule has 5 heterocycles. The summed E-state index contributed by atoms with van der Waals surface area (Å²) in [5.74, 6) is -2.75. The molecule has 242 valence electrons. The number of fused-ring (bicyclic) bond motifs is 3. The van der Waals surface area contributed by atoms with Crippen molar-refractivity contribution in [1.82, 2.24) is 34.0 Å². The second-order valence-corrected chi connectivity index (χ2v) is 12.8. The van der Waals surface area contributed by atoms with Gasteiger partial charge in [0.2, 0.25) is 5.92 Å². The summed E-state index contributed by atoms with van der Waals surface area (Å²) in [6.07, 6.45) is -2.01. The van der Waals surface area contributed by atoms with E-state index in [0.717, 1.165) is 43.1 Å². The van der Waals surface area contributed by atoms with E-state index < -0.39 is 48.3 Å². The van der Waals surface area contributed by atoms with Crippen LogP contribution in [0.1, 0.15) is 62.5 Å². The van der Waals surface area contributed by atoms with E-state index in [-0.39, 0.29) is 23.8 Å². The number of aryl methyl sites for hydroxylation is 1. The maximum atomic E-state index is 15.4. The molecule has 4 aromatic rings. The van der Waals surface area contributed by atoms with E-state index in [1.54, 1.807) is 10.7 Å². The van der Waals surface area contributed by atoms with Gasteiger partial charge >= 0.3 is 6.18 Å². The zero-order valence-electron chi connectivity index (χ0n) is 25.1. The Morgan fingerprint density at radius 3 is 2.53 bits per heavy atom. The average molecular weight is 637 g/mol. The number of alkyl halides is 5. The Balaban J connectivity index is 1.24. The molecule has 0 N–H and O–H groups in total. The number of aromatic nitrogens is 6. The summed E-state index contributed by atoms with van der Waals surface area (Å²) in [7, 11) is 0. The maximum absolute atomic E-state index is 15.4. The predicted octanol–water partition coefficient (Wildman–Crippen LogP) is 5.80. The molecule has 0 spiro atoms. The van der Waals surface area contributed by atoms with Crippen molar-refractivity contribution in [2.24, 2.45) is 5.92 Å². The highest BCUT2D eigenvalue weighted by atomic mass is 19.4. The van der Waals surface area contributed by atoms with Crippen molar-refractivity contribution in [2.75, 3.05) is 24.6 Å². The second-order valence-electron chi connectivity index (χ2n) is 12.8. The van der Waals surface area contributed by atoms with Gasteiger partial charge < -0.3 is 14.2 Å². The summed E-state index contributed by atoms with van der Waals surface area (Å²) in [6, 6.07) is 1.07. The molecule has 1 saturated carbocycles. The minimum absolute atomic E-state index is 0.00453. The summed E-state index contributed by atoms with van der Waals surface area (Å²) in [5.41, 5.74) is 0.344. The topological polar surface area (TPSA) is 76.6 Å². The first kappa shape index (κ1) is 30.2. The average Bonchev–Trinajstić information content (AvgIpc) is 3.70. The first-order valence-corrected chi connectivity index (χ1v) is 15.3. The maximum Gasteiger partial charge on any atom is 0.416 e. The van der Waals surface area contributed by atoms with Gasteiger partial charge in [-0.1, -0.05) is 6.07 Å². The summed E-state index contributed by atoms with van der Waals surface area (Å²) < 4.78 is 93.3. The Bertz CT molecular complexity index is 1720. The predicted molar refractivity (Wildman–Crippen MR) is 153 cm³/mol. The van der Waals surface area contributed by atoms with Gasteiger partial charge in [-0.25, -0.2) is 22.6 Å². The normalized spacial score (nSPS) is 25.4. The van der Waals surface area contributed by atoms with Crippen LogP contribution in [0, 0.1) is 18.7 Å². The lowest BCUT2D eigenvalue weighted by molar-refractivity contribution is -0.138. The lowest BCUT2D eigenvalue weighted by atomic mass is 9.72. The van der Waals surface area contributed by atoms with Gasteiger partial charge in [0.1, 0.15) is 23.5 Å². The highest BCUT2D eigenvalue weighted by molar-refractivity contribution is 5.87. The quantitative estimate of drug-likeness (QED) is 0.248. The van der Waals surface area contributed by atoms with Crippen molar-refractivity contribution >= 4 is 22.8 Å². The number of anilines is 1. The van der Waals surface area contributed by atoms with Crippen LogP contribution in [0.3, 0.4) is 0 Å². The molecule has 3 fully saturated rings. The fourth-order valence-corrected chi connectivity index (χ4v) is 7.37. The third kappa shape index (κ3) is 5.30. The number of halogens is 6. The molecule has 15 heteroatoms. The molecule has 45 heavy (non-hydrogen) atoms. The molecule has 1 aromatic carbocycles. The summed E-state index contributed by atoms with van der Waals surface area (Å²) in [5, 5.41) is 8.31. The third-order valence-electron chi connectivity index (χ3n) is 9.60. The number of hydrogen-bond acceptors (Lipinski definition) is 7. The molecule has 0 radical (unpaired) electrons. The molecule has 1 aliphatic carbocycles. The van der Waals surface area contributed by atoms with Gasteiger partial charge in [-0.3, -0.25) is 4.90 Å². The van der Waals surface area contributed by atoms with Crippen LogP contribution in [0.15, 0.2) is 24.5 Å². The van der Waals surface area contributed by atoms with Gasteiger partial charge in [0.05, 0.1) is 18.2 Å². The number of piperazine rings is 1. The smallest absolute Gasteiger partial charge is 0.376 e. The van der Waals surface area contributed by atoms with Gasteiger partial charge in [0.25, 0.3) is 5.78 Å². The SMILES string of the molecule is Cc1nc2c(N3C[C@@H](C)N(C(c4ccc(C(F)(F)F)cc4F)C4CC(F)(F)C4)C[C@@H]3C)nc3nncn3c2n1C[C@@H]1CCCO1. The van der Waals surface area contributed by atoms with Gasteiger partial charge in [0, 0.05) is 56.2 Å². The zero-order chi connectivity index (χ0) is 31.8. The zero-order valence-corrected chi connectivity index (χ0v) is 25.1. The Hall–Kier alpha value is -3.46. The van der Waals surface area contributed by atoms with E-state index in [1.807, 2.05) is 25.7 Å². The molecule has 2 saturated heterocycles. The van der Waals surface area contributed by atoms with Crippen molar-refractivity contribution in [1.29, 1.82) is 0 Å². The minimum Gasteiger partial charge on any atom is -0.376 e. The van der Waals surface area contributed by atoms with Crippen molar-refractivity contribution in [3.05, 3.63) is 47.3 Å². The van der Waals surface area contributed by atoms with Crippen molar-refractivity contribution in [3.8, 4) is 0 Å². The monoisotopic (exact) mass is 636 g/mol. The van der Waals surface area contributed by atoms with Gasteiger partial charge in [-0.15, -0.1) is 10.2 Å². The number of ether oxygens (including phenoxy) is 1. The number of imidazole rings is 1. The van der Waals surface area contributed by atoms with Gasteiger partial charge in [-0.2, -0.15) is 18.2 Å². The fourth-order valence-electron chi connectivity index (χ4n) is 7.37. The fraction of sp³-hybridized carbons (Fsp3) is 0.600. The van der Waals surface area contributed by atoms with E-state index in [2.05, 4.69) is 19.7 Å². The second kappa shape index (κ2) is 10.8. The number of rotatable bonds is 6. The Kier molecular flexibility index (Phi) is 7.26. The van der Waals surface area contributed by atoms with Crippen molar-refractivity contribution < 1.29 is 31.1 Å². The first-order chi connectivity index (χ1) is 21.3. The largest absolute Gasteiger partial charge is 0.416 e. The molecule has 3 aromatic heterocycles. The Labute approximate surface area is 255 Å². The van der Waals surface area contributed by atoms with Gasteiger partial charge in [0.15, 0.2) is 11.5 Å². The Morgan fingerprint density at radius 1 is 1.09 bits per heavy atom. The molecular weight excluding hydrogens is 602 g/mol. The molecule has 3 aliphatic rings. The summed E-state index contributed by atoms with van der Waals surface area (Å²) in [6.45, 7) is 7.88. The number of nitrogens with zero attached hydrogens (tertiary/aromatic N) is 8. The van der Waals surface area contributed by atoms with Crippen LogP contribution in [0.2, 0.25) is 0 Å². The van der Waals surface area contributed by atoms with E-state index in [9.17, 15) is 22.0 Å². The summed E-state index contributed by atoms with van der Waals surface area (Å²) >= 11 is 0. The molecule has 0 amide bonds. The third-order valence-corrected chi connectivity index (χ3v) is 9.60. The van der Waals surface area contributed by atoms with Crippen LogP contribution in [0.25, 0.3) is 16.9 Å². The van der Waals surface area contributed by atoms with Gasteiger partial charge in [-0.05, 0) is 51.7 Å². The van der Waals surface area contributed by atoms with Crippen molar-refractivity contribution in [2.45, 2.75) is 89.3 Å². The van der Waals surface area contributed by atoms with Crippen molar-refractivity contribution in [3.63, 3.8) is 0 Å². The molecule has 4 atom stereocenters.